The summed E-state index contributed by atoms with van der Waals surface area (Å²) in [4.78, 5) is 7.30. The highest BCUT2D eigenvalue weighted by molar-refractivity contribution is 5.86. The van der Waals surface area contributed by atoms with Crippen molar-refractivity contribution in [2.24, 2.45) is 0 Å². The third-order valence-corrected chi connectivity index (χ3v) is 4.92. The van der Waals surface area contributed by atoms with Crippen molar-refractivity contribution in [2.45, 2.75) is 32.4 Å². The maximum Gasteiger partial charge on any atom is 0.223 e. The van der Waals surface area contributed by atoms with Gasteiger partial charge in [0.25, 0.3) is 0 Å². The summed E-state index contributed by atoms with van der Waals surface area (Å²) >= 11 is 0. The number of hydrogen-bond acceptors (Lipinski definition) is 3. The van der Waals surface area contributed by atoms with Crippen LogP contribution in [0.1, 0.15) is 26.2 Å². The van der Waals surface area contributed by atoms with Gasteiger partial charge in [-0.25, -0.2) is 4.98 Å². The van der Waals surface area contributed by atoms with Crippen molar-refractivity contribution >= 4 is 10.9 Å². The van der Waals surface area contributed by atoms with Crippen molar-refractivity contribution in [3.8, 4) is 17.0 Å². The van der Waals surface area contributed by atoms with E-state index in [4.69, 9.17) is 9.72 Å². The van der Waals surface area contributed by atoms with Crippen LogP contribution in [0.15, 0.2) is 60.7 Å². The molecule has 1 atom stereocenters. The zero-order valence-electron chi connectivity index (χ0n) is 14.7. The molecule has 0 amide bonds. The SMILES string of the molecule is CCC(Oc1nc2ccccc2cc1-c1ccccc1)N1CCCC1. The topological polar surface area (TPSA) is 25.4 Å². The molecule has 1 fully saturated rings. The Morgan fingerprint density at radius 2 is 1.72 bits per heavy atom. The fraction of sp³-hybridized carbons (Fsp3) is 0.318. The normalized spacial score (nSPS) is 16.2. The van der Waals surface area contributed by atoms with E-state index >= 15 is 0 Å². The number of likely N-dealkylation sites (tertiary alicyclic amines) is 1. The molecule has 1 aliphatic heterocycles. The van der Waals surface area contributed by atoms with Crippen LogP contribution in [-0.2, 0) is 0 Å². The van der Waals surface area contributed by atoms with Crippen molar-refractivity contribution in [3.63, 3.8) is 0 Å². The summed E-state index contributed by atoms with van der Waals surface area (Å²) in [6.07, 6.45) is 3.58. The van der Waals surface area contributed by atoms with E-state index in [1.165, 1.54) is 12.8 Å². The largest absolute Gasteiger partial charge is 0.458 e. The molecule has 2 aromatic carbocycles. The Kier molecular flexibility index (Phi) is 4.66. The first kappa shape index (κ1) is 16.1. The Labute approximate surface area is 149 Å². The number of nitrogens with zero attached hydrogens (tertiary/aromatic N) is 2. The van der Waals surface area contributed by atoms with Crippen LogP contribution < -0.4 is 4.74 Å². The molecule has 3 heteroatoms. The van der Waals surface area contributed by atoms with Gasteiger partial charge in [0.05, 0.1) is 5.52 Å². The van der Waals surface area contributed by atoms with Gasteiger partial charge in [-0.15, -0.1) is 0 Å². The van der Waals surface area contributed by atoms with Crippen LogP contribution in [0.25, 0.3) is 22.0 Å². The fourth-order valence-electron chi connectivity index (χ4n) is 3.59. The molecule has 1 unspecified atom stereocenters. The quantitative estimate of drug-likeness (QED) is 0.649. The molecule has 3 aromatic rings. The third-order valence-electron chi connectivity index (χ3n) is 4.92. The maximum absolute atomic E-state index is 6.46. The summed E-state index contributed by atoms with van der Waals surface area (Å²) in [6, 6.07) is 20.8. The molecule has 0 N–H and O–H groups in total. The molecule has 1 aromatic heterocycles. The molecule has 0 aliphatic carbocycles. The predicted octanol–water partition coefficient (Wildman–Crippen LogP) is 5.11. The maximum atomic E-state index is 6.46. The van der Waals surface area contributed by atoms with Crippen molar-refractivity contribution in [2.75, 3.05) is 13.1 Å². The average molecular weight is 332 g/mol. The Morgan fingerprint density at radius 3 is 2.48 bits per heavy atom. The minimum Gasteiger partial charge on any atom is -0.458 e. The summed E-state index contributed by atoms with van der Waals surface area (Å²) < 4.78 is 6.46. The van der Waals surface area contributed by atoms with Crippen LogP contribution >= 0.6 is 0 Å². The summed E-state index contributed by atoms with van der Waals surface area (Å²) in [6.45, 7) is 4.42. The number of ether oxygens (including phenoxy) is 1. The molecule has 0 saturated carbocycles. The second-order valence-corrected chi connectivity index (χ2v) is 6.62. The second-order valence-electron chi connectivity index (χ2n) is 6.62. The Morgan fingerprint density at radius 1 is 1.00 bits per heavy atom. The minimum absolute atomic E-state index is 0.0959. The third kappa shape index (κ3) is 3.38. The van der Waals surface area contributed by atoms with Crippen LogP contribution in [0.3, 0.4) is 0 Å². The van der Waals surface area contributed by atoms with Crippen molar-refractivity contribution in [1.29, 1.82) is 0 Å². The van der Waals surface area contributed by atoms with E-state index in [0.717, 1.165) is 47.4 Å². The van der Waals surface area contributed by atoms with Gasteiger partial charge in [-0.2, -0.15) is 0 Å². The lowest BCUT2D eigenvalue weighted by atomic mass is 10.0. The number of aromatic nitrogens is 1. The van der Waals surface area contributed by atoms with Gasteiger partial charge in [0.1, 0.15) is 0 Å². The number of fused-ring (bicyclic) bond motifs is 1. The summed E-state index contributed by atoms with van der Waals surface area (Å²) in [5.41, 5.74) is 3.19. The van der Waals surface area contributed by atoms with E-state index in [1.807, 2.05) is 18.2 Å². The van der Waals surface area contributed by atoms with Crippen molar-refractivity contribution < 1.29 is 4.74 Å². The van der Waals surface area contributed by atoms with E-state index in [9.17, 15) is 0 Å². The minimum atomic E-state index is 0.0959. The molecule has 4 rings (SSSR count). The monoisotopic (exact) mass is 332 g/mol. The lowest BCUT2D eigenvalue weighted by Gasteiger charge is -2.27. The number of hydrogen-bond donors (Lipinski definition) is 0. The van der Waals surface area contributed by atoms with Crippen LogP contribution in [0.2, 0.25) is 0 Å². The molecular formula is C22H24N2O. The first-order chi connectivity index (χ1) is 12.3. The second kappa shape index (κ2) is 7.24. The van der Waals surface area contributed by atoms with Crippen LogP contribution in [0, 0.1) is 0 Å². The summed E-state index contributed by atoms with van der Waals surface area (Å²) in [5.74, 6) is 0.739. The fourth-order valence-corrected chi connectivity index (χ4v) is 3.59. The molecule has 1 saturated heterocycles. The van der Waals surface area contributed by atoms with Crippen LogP contribution in [0.4, 0.5) is 0 Å². The van der Waals surface area contributed by atoms with Gasteiger partial charge in [0, 0.05) is 24.0 Å². The molecule has 0 spiro atoms. The molecule has 1 aliphatic rings. The molecule has 3 nitrogen and oxygen atoms in total. The van der Waals surface area contributed by atoms with E-state index in [1.54, 1.807) is 0 Å². The predicted molar refractivity (Wildman–Crippen MR) is 103 cm³/mol. The van der Waals surface area contributed by atoms with E-state index in [-0.39, 0.29) is 6.23 Å². The lowest BCUT2D eigenvalue weighted by Crippen LogP contribution is -2.37. The van der Waals surface area contributed by atoms with Crippen LogP contribution in [-0.4, -0.2) is 29.2 Å². The molecular weight excluding hydrogens is 308 g/mol. The number of para-hydroxylation sites is 1. The highest BCUT2D eigenvalue weighted by atomic mass is 16.5. The van der Waals surface area contributed by atoms with Crippen LogP contribution in [0.5, 0.6) is 5.88 Å². The summed E-state index contributed by atoms with van der Waals surface area (Å²) in [5, 5.41) is 1.14. The van der Waals surface area contributed by atoms with Gasteiger partial charge in [0.2, 0.25) is 5.88 Å². The van der Waals surface area contributed by atoms with Gasteiger partial charge in [0.15, 0.2) is 6.23 Å². The Hall–Kier alpha value is -2.39. The zero-order chi connectivity index (χ0) is 17.1. The highest BCUT2D eigenvalue weighted by Crippen LogP contribution is 2.33. The number of rotatable bonds is 5. The molecule has 0 radical (unpaired) electrons. The average Bonchev–Trinajstić information content (AvgIpc) is 3.20. The van der Waals surface area contributed by atoms with Gasteiger partial charge >= 0.3 is 0 Å². The van der Waals surface area contributed by atoms with Crippen molar-refractivity contribution in [1.82, 2.24) is 9.88 Å². The highest BCUT2D eigenvalue weighted by Gasteiger charge is 2.23. The standard InChI is InChI=1S/C22H24N2O/c1-2-21(24-14-8-9-15-24)25-22-19(17-10-4-3-5-11-17)16-18-12-6-7-13-20(18)23-22/h3-7,10-13,16,21H,2,8-9,14-15H2,1H3. The first-order valence-electron chi connectivity index (χ1n) is 9.21. The van der Waals surface area contributed by atoms with E-state index in [2.05, 4.69) is 54.3 Å². The number of benzene rings is 2. The van der Waals surface area contributed by atoms with Gasteiger partial charge in [-0.1, -0.05) is 55.5 Å². The smallest absolute Gasteiger partial charge is 0.223 e. The number of pyridine rings is 1. The van der Waals surface area contributed by atoms with E-state index < -0.39 is 0 Å². The lowest BCUT2D eigenvalue weighted by molar-refractivity contribution is 0.0372. The van der Waals surface area contributed by atoms with Gasteiger partial charge < -0.3 is 4.74 Å². The Balaban J connectivity index is 1.77. The Bertz CT molecular complexity index is 841. The van der Waals surface area contributed by atoms with Gasteiger partial charge in [-0.05, 0) is 37.0 Å². The zero-order valence-corrected chi connectivity index (χ0v) is 14.7. The first-order valence-corrected chi connectivity index (χ1v) is 9.21. The molecule has 2 heterocycles. The molecule has 0 bridgehead atoms. The molecule has 128 valence electrons. The van der Waals surface area contributed by atoms with Crippen molar-refractivity contribution in [3.05, 3.63) is 60.7 Å². The van der Waals surface area contributed by atoms with E-state index in [0.29, 0.717) is 0 Å². The summed E-state index contributed by atoms with van der Waals surface area (Å²) in [7, 11) is 0. The molecule has 25 heavy (non-hydrogen) atoms. The van der Waals surface area contributed by atoms with Gasteiger partial charge in [-0.3, -0.25) is 4.90 Å².